The minimum atomic E-state index is -5.15. The second-order valence-electron chi connectivity index (χ2n) is 1.41. The molecule has 9 heavy (non-hydrogen) atoms. The summed E-state index contributed by atoms with van der Waals surface area (Å²) in [6.45, 7) is -0.125. The molecule has 50 valence electrons. The smallest absolute Gasteiger partial charge is 0.794 e. The van der Waals surface area contributed by atoms with E-state index in [2.05, 4.69) is 0 Å². The van der Waals surface area contributed by atoms with E-state index < -0.39 is 12.0 Å². The summed E-state index contributed by atoms with van der Waals surface area (Å²) in [6.07, 6.45) is -5.15. The van der Waals surface area contributed by atoms with Gasteiger partial charge in [-0.1, -0.05) is 0 Å². The standard InChI is InChI=1S/C3H3F4O.Na/c1-2(4,5)3(6,7)8;/h1H3;/q-1;+1. The molecule has 0 unspecified atom stereocenters. The van der Waals surface area contributed by atoms with Gasteiger partial charge in [0.05, 0.1) is 0 Å². The fourth-order valence-corrected chi connectivity index (χ4v) is 0. The van der Waals surface area contributed by atoms with Crippen LogP contribution in [0.15, 0.2) is 0 Å². The van der Waals surface area contributed by atoms with Gasteiger partial charge in [0.2, 0.25) is 6.11 Å². The topological polar surface area (TPSA) is 23.1 Å². The molecule has 0 aliphatic heterocycles. The average Bonchev–Trinajstić information content (AvgIpc) is 1.25. The van der Waals surface area contributed by atoms with E-state index in [-0.39, 0.29) is 36.5 Å². The summed E-state index contributed by atoms with van der Waals surface area (Å²) in [5, 5.41) is 9.04. The molecule has 0 atom stereocenters. The molecule has 0 amide bonds. The van der Waals surface area contributed by atoms with Crippen LogP contribution in [0.3, 0.4) is 0 Å². The van der Waals surface area contributed by atoms with Gasteiger partial charge in [0.25, 0.3) is 5.92 Å². The third-order valence-corrected chi connectivity index (χ3v) is 0.511. The Morgan fingerprint density at radius 2 is 1.22 bits per heavy atom. The van der Waals surface area contributed by atoms with Crippen molar-refractivity contribution >= 4 is 0 Å². The number of rotatable bonds is 1. The molecule has 0 bridgehead atoms. The van der Waals surface area contributed by atoms with Crippen molar-refractivity contribution < 1.29 is 52.2 Å². The van der Waals surface area contributed by atoms with Crippen LogP contribution in [-0.2, 0) is 0 Å². The molecule has 0 aliphatic rings. The van der Waals surface area contributed by atoms with Crippen LogP contribution in [-0.4, -0.2) is 12.0 Å². The molecule has 0 rings (SSSR count). The van der Waals surface area contributed by atoms with E-state index in [9.17, 15) is 17.6 Å². The zero-order valence-corrected chi connectivity index (χ0v) is 6.92. The Balaban J connectivity index is 0. The van der Waals surface area contributed by atoms with Crippen molar-refractivity contribution in [2.75, 3.05) is 0 Å². The quantitative estimate of drug-likeness (QED) is 0.305. The van der Waals surface area contributed by atoms with E-state index in [1.165, 1.54) is 0 Å². The molecule has 0 fully saturated rings. The first-order valence-electron chi connectivity index (χ1n) is 1.71. The largest absolute Gasteiger partial charge is 1.00 e. The van der Waals surface area contributed by atoms with E-state index in [0.29, 0.717) is 0 Å². The summed E-state index contributed by atoms with van der Waals surface area (Å²) in [4.78, 5) is 0. The van der Waals surface area contributed by atoms with Crippen molar-refractivity contribution in [3.63, 3.8) is 0 Å². The van der Waals surface area contributed by atoms with Gasteiger partial charge in [-0.3, -0.25) is 0 Å². The molecule has 1 nitrogen and oxygen atoms in total. The molecular weight excluding hydrogens is 151 g/mol. The van der Waals surface area contributed by atoms with Gasteiger partial charge in [-0.25, -0.2) is 17.6 Å². The molecule has 6 heteroatoms. The van der Waals surface area contributed by atoms with E-state index in [1.54, 1.807) is 0 Å². The summed E-state index contributed by atoms with van der Waals surface area (Å²) < 4.78 is 44.2. The van der Waals surface area contributed by atoms with Crippen LogP contribution < -0.4 is 34.7 Å². The summed E-state index contributed by atoms with van der Waals surface area (Å²) >= 11 is 0. The maximum Gasteiger partial charge on any atom is 1.00 e. The number of hydrogen-bond donors (Lipinski definition) is 0. The van der Waals surface area contributed by atoms with Crippen LogP contribution >= 0.6 is 0 Å². The number of halogens is 4. The van der Waals surface area contributed by atoms with Crippen LogP contribution in [0.5, 0.6) is 0 Å². The maximum absolute atomic E-state index is 11.2. The number of alkyl halides is 4. The van der Waals surface area contributed by atoms with Crippen molar-refractivity contribution in [1.82, 2.24) is 0 Å². The third kappa shape index (κ3) is 4.13. The van der Waals surface area contributed by atoms with E-state index in [0.717, 1.165) is 0 Å². The van der Waals surface area contributed by atoms with Crippen molar-refractivity contribution in [1.29, 1.82) is 0 Å². The molecule has 0 saturated heterocycles. The maximum atomic E-state index is 11.2. The molecule has 0 heterocycles. The Hall–Kier alpha value is 0.680. The van der Waals surface area contributed by atoms with Crippen LogP contribution in [0.25, 0.3) is 0 Å². The summed E-state index contributed by atoms with van der Waals surface area (Å²) in [6, 6.07) is 0. The van der Waals surface area contributed by atoms with Crippen LogP contribution in [0, 0.1) is 0 Å². The van der Waals surface area contributed by atoms with E-state index in [4.69, 9.17) is 5.11 Å². The second kappa shape index (κ2) is 3.18. The van der Waals surface area contributed by atoms with Gasteiger partial charge in [0, 0.05) is 6.92 Å². The molecule has 0 spiro atoms. The predicted octanol–water partition coefficient (Wildman–Crippen LogP) is -2.40. The number of hydrogen-bond acceptors (Lipinski definition) is 1. The van der Waals surface area contributed by atoms with E-state index >= 15 is 0 Å². The zero-order valence-electron chi connectivity index (χ0n) is 4.92. The van der Waals surface area contributed by atoms with Crippen LogP contribution in [0.2, 0.25) is 0 Å². The SMILES string of the molecule is CC(F)(F)C([O-])(F)F.[Na+]. The Kier molecular flexibility index (Phi) is 4.37. The molecule has 0 N–H and O–H groups in total. The molecule has 0 aromatic rings. The van der Waals surface area contributed by atoms with Crippen molar-refractivity contribution in [2.24, 2.45) is 0 Å². The van der Waals surface area contributed by atoms with Crippen LogP contribution in [0.1, 0.15) is 6.92 Å². The average molecular weight is 154 g/mol. The van der Waals surface area contributed by atoms with Crippen molar-refractivity contribution in [3.8, 4) is 0 Å². The zero-order chi connectivity index (χ0) is 7.00. The molecular formula is C3H3F4NaO. The summed E-state index contributed by atoms with van der Waals surface area (Å²) in [5.74, 6) is -4.45. The monoisotopic (exact) mass is 154 g/mol. The first-order chi connectivity index (χ1) is 3.25. The molecule has 0 aromatic carbocycles. The van der Waals surface area contributed by atoms with Gasteiger partial charge in [-0.15, -0.1) is 0 Å². The van der Waals surface area contributed by atoms with Gasteiger partial charge in [0.1, 0.15) is 0 Å². The predicted molar refractivity (Wildman–Crippen MR) is 15.6 cm³/mol. The van der Waals surface area contributed by atoms with Crippen molar-refractivity contribution in [3.05, 3.63) is 0 Å². The van der Waals surface area contributed by atoms with Crippen LogP contribution in [0.4, 0.5) is 17.6 Å². The third-order valence-electron chi connectivity index (χ3n) is 0.511. The molecule has 0 radical (unpaired) electrons. The Morgan fingerprint density at radius 3 is 1.22 bits per heavy atom. The second-order valence-corrected chi connectivity index (χ2v) is 1.41. The summed E-state index contributed by atoms with van der Waals surface area (Å²) in [7, 11) is 0. The fourth-order valence-electron chi connectivity index (χ4n) is 0. The molecule has 0 aliphatic carbocycles. The fraction of sp³-hybridized carbons (Fsp3) is 1.00. The minimum absolute atomic E-state index is 0. The normalized spacial score (nSPS) is 12.7. The Bertz CT molecular complexity index is 70.8. The van der Waals surface area contributed by atoms with Gasteiger partial charge < -0.3 is 5.11 Å². The molecule has 0 aromatic heterocycles. The van der Waals surface area contributed by atoms with E-state index in [1.807, 2.05) is 0 Å². The Labute approximate surface area is 71.3 Å². The van der Waals surface area contributed by atoms with Gasteiger partial charge in [0.15, 0.2) is 0 Å². The first kappa shape index (κ1) is 12.4. The Morgan fingerprint density at radius 1 is 1.11 bits per heavy atom. The summed E-state index contributed by atoms with van der Waals surface area (Å²) in [5.41, 5.74) is 0. The minimum Gasteiger partial charge on any atom is -0.794 e. The first-order valence-corrected chi connectivity index (χ1v) is 1.71. The van der Waals surface area contributed by atoms with Gasteiger partial charge >= 0.3 is 29.6 Å². The van der Waals surface area contributed by atoms with Gasteiger partial charge in [-0.2, -0.15) is 0 Å². The molecule has 0 saturated carbocycles. The van der Waals surface area contributed by atoms with Gasteiger partial charge in [-0.05, 0) is 0 Å². The van der Waals surface area contributed by atoms with Crippen molar-refractivity contribution in [2.45, 2.75) is 19.0 Å².